The Morgan fingerprint density at radius 1 is 1.13 bits per heavy atom. The van der Waals surface area contributed by atoms with E-state index in [0.717, 1.165) is 32.1 Å². The molecule has 2 amide bonds. The Morgan fingerprint density at radius 2 is 1.74 bits per heavy atom. The molecule has 1 unspecified atom stereocenters. The number of carboxylic acid groups (broad SMARTS) is 1. The average Bonchev–Trinajstić information content (AvgIpc) is 2.93. The standard InChI is InChI=1S/C14H21F3N2O4/c15-14(16,17)7-10(13(22)23)19-12(21)8-18-11(20)6-5-9-3-1-2-4-9/h9-10H,1-8H2,(H,18,20)(H,19,21)(H,22,23). The summed E-state index contributed by atoms with van der Waals surface area (Å²) < 4.78 is 36.6. The monoisotopic (exact) mass is 338 g/mol. The predicted octanol–water partition coefficient (Wildman–Crippen LogP) is 1.59. The van der Waals surface area contributed by atoms with Crippen LogP contribution < -0.4 is 10.6 Å². The maximum atomic E-state index is 12.2. The van der Waals surface area contributed by atoms with E-state index in [4.69, 9.17) is 5.11 Å². The molecule has 0 aromatic heterocycles. The number of hydrogen-bond acceptors (Lipinski definition) is 3. The Hall–Kier alpha value is -1.80. The predicted molar refractivity (Wildman–Crippen MR) is 74.4 cm³/mol. The van der Waals surface area contributed by atoms with Crippen LogP contribution in [-0.4, -0.2) is 41.7 Å². The van der Waals surface area contributed by atoms with Crippen LogP contribution in [0.15, 0.2) is 0 Å². The molecule has 0 aromatic carbocycles. The third-order valence-corrected chi connectivity index (χ3v) is 3.77. The second-order valence-corrected chi connectivity index (χ2v) is 5.74. The topological polar surface area (TPSA) is 95.5 Å². The smallest absolute Gasteiger partial charge is 0.391 e. The van der Waals surface area contributed by atoms with E-state index in [1.54, 1.807) is 5.32 Å². The molecule has 1 saturated carbocycles. The highest BCUT2D eigenvalue weighted by Crippen LogP contribution is 2.28. The van der Waals surface area contributed by atoms with Crippen LogP contribution in [0.1, 0.15) is 44.9 Å². The second-order valence-electron chi connectivity index (χ2n) is 5.74. The third-order valence-electron chi connectivity index (χ3n) is 3.77. The van der Waals surface area contributed by atoms with Crippen molar-refractivity contribution in [3.05, 3.63) is 0 Å². The van der Waals surface area contributed by atoms with Crippen LogP contribution in [0, 0.1) is 5.92 Å². The first-order chi connectivity index (χ1) is 10.7. The molecule has 9 heteroatoms. The van der Waals surface area contributed by atoms with Gasteiger partial charge in [-0.05, 0) is 12.3 Å². The van der Waals surface area contributed by atoms with Crippen molar-refractivity contribution in [1.82, 2.24) is 10.6 Å². The number of carboxylic acids is 1. The van der Waals surface area contributed by atoms with Gasteiger partial charge in [0.1, 0.15) is 6.04 Å². The molecule has 0 radical (unpaired) electrons. The minimum atomic E-state index is -4.71. The van der Waals surface area contributed by atoms with Gasteiger partial charge in [0, 0.05) is 6.42 Å². The lowest BCUT2D eigenvalue weighted by Crippen LogP contribution is -2.47. The van der Waals surface area contributed by atoms with Gasteiger partial charge in [0.25, 0.3) is 0 Å². The first-order valence-corrected chi connectivity index (χ1v) is 7.53. The van der Waals surface area contributed by atoms with Crippen molar-refractivity contribution in [1.29, 1.82) is 0 Å². The molecule has 0 aliphatic heterocycles. The number of aliphatic carboxylic acids is 1. The molecule has 0 bridgehead atoms. The number of carbonyl (C=O) groups excluding carboxylic acids is 2. The maximum Gasteiger partial charge on any atom is 0.391 e. The minimum absolute atomic E-state index is 0.253. The fourth-order valence-corrected chi connectivity index (χ4v) is 2.58. The normalized spacial score (nSPS) is 16.8. The molecule has 1 rings (SSSR count). The van der Waals surface area contributed by atoms with Gasteiger partial charge in [-0.3, -0.25) is 9.59 Å². The van der Waals surface area contributed by atoms with Crippen LogP contribution in [0.5, 0.6) is 0 Å². The van der Waals surface area contributed by atoms with Crippen molar-refractivity contribution in [2.75, 3.05) is 6.54 Å². The zero-order valence-electron chi connectivity index (χ0n) is 12.6. The Labute approximate surface area is 131 Å². The van der Waals surface area contributed by atoms with Crippen LogP contribution in [-0.2, 0) is 14.4 Å². The van der Waals surface area contributed by atoms with Gasteiger partial charge < -0.3 is 15.7 Å². The van der Waals surface area contributed by atoms with Gasteiger partial charge in [0.15, 0.2) is 0 Å². The fraction of sp³-hybridized carbons (Fsp3) is 0.786. The first kappa shape index (κ1) is 19.2. The summed E-state index contributed by atoms with van der Waals surface area (Å²) in [4.78, 5) is 33.7. The van der Waals surface area contributed by atoms with E-state index in [1.807, 2.05) is 0 Å². The second kappa shape index (κ2) is 8.73. The van der Waals surface area contributed by atoms with Crippen molar-refractivity contribution < 1.29 is 32.7 Å². The maximum absolute atomic E-state index is 12.2. The van der Waals surface area contributed by atoms with Crippen LogP contribution in [0.25, 0.3) is 0 Å². The van der Waals surface area contributed by atoms with E-state index in [1.165, 1.54) is 0 Å². The molecule has 23 heavy (non-hydrogen) atoms. The van der Waals surface area contributed by atoms with Gasteiger partial charge >= 0.3 is 12.1 Å². The Morgan fingerprint density at radius 3 is 2.26 bits per heavy atom. The number of nitrogens with one attached hydrogen (secondary N) is 2. The molecule has 3 N–H and O–H groups in total. The molecule has 6 nitrogen and oxygen atoms in total. The quantitative estimate of drug-likeness (QED) is 0.626. The summed E-state index contributed by atoms with van der Waals surface area (Å²) in [6.07, 6.45) is -0.904. The number of rotatable bonds is 8. The first-order valence-electron chi connectivity index (χ1n) is 7.53. The van der Waals surface area contributed by atoms with E-state index in [9.17, 15) is 27.6 Å². The summed E-state index contributed by atoms with van der Waals surface area (Å²) >= 11 is 0. The lowest BCUT2D eigenvalue weighted by Gasteiger charge is -2.16. The van der Waals surface area contributed by atoms with Crippen molar-refractivity contribution in [2.24, 2.45) is 5.92 Å². The number of amides is 2. The van der Waals surface area contributed by atoms with Gasteiger partial charge in [0.2, 0.25) is 11.8 Å². The van der Waals surface area contributed by atoms with Crippen LogP contribution >= 0.6 is 0 Å². The number of alkyl halides is 3. The zero-order chi connectivity index (χ0) is 17.5. The molecule has 132 valence electrons. The number of halogens is 3. The highest BCUT2D eigenvalue weighted by atomic mass is 19.4. The van der Waals surface area contributed by atoms with E-state index in [0.29, 0.717) is 5.92 Å². The zero-order valence-corrected chi connectivity index (χ0v) is 12.6. The van der Waals surface area contributed by atoms with Gasteiger partial charge in [-0.25, -0.2) is 4.79 Å². The summed E-state index contributed by atoms with van der Waals surface area (Å²) in [7, 11) is 0. The van der Waals surface area contributed by atoms with E-state index < -0.39 is 37.1 Å². The van der Waals surface area contributed by atoms with Crippen LogP contribution in [0.4, 0.5) is 13.2 Å². The van der Waals surface area contributed by atoms with Crippen molar-refractivity contribution in [3.8, 4) is 0 Å². The molecular formula is C14H21F3N2O4. The molecule has 0 aromatic rings. The number of hydrogen-bond donors (Lipinski definition) is 3. The number of carbonyl (C=O) groups is 3. The lowest BCUT2D eigenvalue weighted by atomic mass is 10.0. The highest BCUT2D eigenvalue weighted by Gasteiger charge is 2.36. The van der Waals surface area contributed by atoms with Crippen molar-refractivity contribution in [3.63, 3.8) is 0 Å². The lowest BCUT2D eigenvalue weighted by molar-refractivity contribution is -0.159. The summed E-state index contributed by atoms with van der Waals surface area (Å²) in [5, 5.41) is 12.7. The molecule has 0 spiro atoms. The average molecular weight is 338 g/mol. The summed E-state index contributed by atoms with van der Waals surface area (Å²) in [5.41, 5.74) is 0. The van der Waals surface area contributed by atoms with Gasteiger partial charge in [-0.15, -0.1) is 0 Å². The molecular weight excluding hydrogens is 317 g/mol. The molecule has 1 aliphatic rings. The van der Waals surface area contributed by atoms with Gasteiger partial charge in [-0.2, -0.15) is 13.2 Å². The minimum Gasteiger partial charge on any atom is -0.480 e. The molecule has 1 fully saturated rings. The fourth-order valence-electron chi connectivity index (χ4n) is 2.58. The van der Waals surface area contributed by atoms with Crippen LogP contribution in [0.3, 0.4) is 0 Å². The molecule has 1 aliphatic carbocycles. The molecule has 0 heterocycles. The molecule has 0 saturated heterocycles. The largest absolute Gasteiger partial charge is 0.480 e. The third kappa shape index (κ3) is 8.41. The summed E-state index contributed by atoms with van der Waals surface area (Å²) in [5.74, 6) is -2.59. The van der Waals surface area contributed by atoms with Crippen molar-refractivity contribution in [2.45, 2.75) is 57.2 Å². The van der Waals surface area contributed by atoms with Gasteiger partial charge in [-0.1, -0.05) is 25.7 Å². The molecule has 1 atom stereocenters. The highest BCUT2D eigenvalue weighted by molar-refractivity contribution is 5.87. The Balaban J connectivity index is 2.28. The summed E-state index contributed by atoms with van der Waals surface area (Å²) in [6.45, 7) is -0.537. The Kier molecular flexibility index (Phi) is 7.31. The van der Waals surface area contributed by atoms with Crippen molar-refractivity contribution >= 4 is 17.8 Å². The Bertz CT molecular complexity index is 434. The SMILES string of the molecule is O=C(CCC1CCCC1)NCC(=O)NC(CC(F)(F)F)C(=O)O. The van der Waals surface area contributed by atoms with E-state index >= 15 is 0 Å². The van der Waals surface area contributed by atoms with Crippen LogP contribution in [0.2, 0.25) is 0 Å². The summed E-state index contributed by atoms with van der Waals surface area (Å²) in [6, 6.07) is -2.06. The van der Waals surface area contributed by atoms with E-state index in [-0.39, 0.29) is 12.3 Å². The van der Waals surface area contributed by atoms with E-state index in [2.05, 4.69) is 5.32 Å². The van der Waals surface area contributed by atoms with Gasteiger partial charge in [0.05, 0.1) is 13.0 Å².